The number of imidazole rings is 1. The Morgan fingerprint density at radius 3 is 2.69 bits per heavy atom. The number of nitrogens with zero attached hydrogens (tertiary/aromatic N) is 3. The van der Waals surface area contributed by atoms with E-state index in [2.05, 4.69) is 20.3 Å². The van der Waals surface area contributed by atoms with E-state index < -0.39 is 6.04 Å². The average Bonchev–Trinajstić information content (AvgIpc) is 3.42. The van der Waals surface area contributed by atoms with Crippen LogP contribution < -0.4 is 5.32 Å². The second-order valence-electron chi connectivity index (χ2n) is 10.1. The van der Waals surface area contributed by atoms with Gasteiger partial charge in [0.05, 0.1) is 12.5 Å². The van der Waals surface area contributed by atoms with Crippen LogP contribution in [0.1, 0.15) is 72.6 Å². The zero-order valence-corrected chi connectivity index (χ0v) is 20.3. The Balaban J connectivity index is 1.43. The second-order valence-corrected chi connectivity index (χ2v) is 10.1. The molecule has 0 saturated heterocycles. The molecule has 2 saturated carbocycles. The Morgan fingerprint density at radius 2 is 2.00 bits per heavy atom. The van der Waals surface area contributed by atoms with Crippen molar-refractivity contribution in [2.75, 3.05) is 6.54 Å². The topological polar surface area (TPSA) is 91.0 Å². The molecular weight excluding hydrogens is 457 g/mol. The van der Waals surface area contributed by atoms with E-state index in [0.29, 0.717) is 24.2 Å². The molecule has 0 aliphatic heterocycles. The van der Waals surface area contributed by atoms with Crippen LogP contribution in [0, 0.1) is 11.2 Å². The van der Waals surface area contributed by atoms with Crippen LogP contribution in [-0.4, -0.2) is 44.3 Å². The van der Waals surface area contributed by atoms with Crippen molar-refractivity contribution in [2.24, 2.45) is 5.41 Å². The summed E-state index contributed by atoms with van der Waals surface area (Å²) < 4.78 is 13.6. The van der Waals surface area contributed by atoms with Gasteiger partial charge in [-0.2, -0.15) is 0 Å². The van der Waals surface area contributed by atoms with Crippen molar-refractivity contribution in [1.29, 1.82) is 0 Å². The van der Waals surface area contributed by atoms with Crippen molar-refractivity contribution in [3.63, 3.8) is 0 Å². The minimum atomic E-state index is -0.831. The van der Waals surface area contributed by atoms with Gasteiger partial charge in [-0.15, -0.1) is 0 Å². The lowest BCUT2D eigenvalue weighted by Crippen LogP contribution is -2.52. The summed E-state index contributed by atoms with van der Waals surface area (Å²) in [6.45, 7) is 0.333. The van der Waals surface area contributed by atoms with E-state index in [1.807, 2.05) is 12.1 Å². The lowest BCUT2D eigenvalue weighted by molar-refractivity contribution is -0.127. The largest absolute Gasteiger partial charge is 0.354 e. The van der Waals surface area contributed by atoms with Gasteiger partial charge in [-0.1, -0.05) is 31.0 Å². The smallest absolute Gasteiger partial charge is 0.273 e. The first-order valence-electron chi connectivity index (χ1n) is 12.8. The summed E-state index contributed by atoms with van der Waals surface area (Å²) in [6.07, 6.45) is 14.4. The number of rotatable bonds is 8. The number of hydrogen-bond donors (Lipinski definition) is 2. The van der Waals surface area contributed by atoms with Crippen LogP contribution in [0.3, 0.4) is 0 Å². The monoisotopic (exact) mass is 489 g/mol. The van der Waals surface area contributed by atoms with Gasteiger partial charge in [0, 0.05) is 30.5 Å². The number of aromatic amines is 1. The van der Waals surface area contributed by atoms with Crippen molar-refractivity contribution >= 4 is 11.8 Å². The number of pyridine rings is 1. The normalized spacial score (nSPS) is 19.3. The SMILES string of the molecule is O=C(NCCc1cccc(F)c1)C(c1cccnc1)N(C(=O)c1cnc[nH]1)C1CCCC2(CCC2)C1. The van der Waals surface area contributed by atoms with E-state index in [1.165, 1.54) is 50.3 Å². The maximum absolute atomic E-state index is 13.9. The molecule has 2 N–H and O–H groups in total. The van der Waals surface area contributed by atoms with Crippen molar-refractivity contribution < 1.29 is 14.0 Å². The maximum atomic E-state index is 13.9. The number of benzene rings is 1. The van der Waals surface area contributed by atoms with Crippen LogP contribution in [0.15, 0.2) is 61.3 Å². The van der Waals surface area contributed by atoms with Gasteiger partial charge >= 0.3 is 0 Å². The lowest BCUT2D eigenvalue weighted by atomic mass is 9.59. The molecule has 2 fully saturated rings. The number of halogens is 1. The summed E-state index contributed by atoms with van der Waals surface area (Å²) in [6, 6.07) is 9.11. The molecule has 5 rings (SSSR count). The third-order valence-electron chi connectivity index (χ3n) is 7.81. The standard InChI is InChI=1S/C28H32FN5O2/c29-22-7-1-5-20(15-22)9-14-32-26(35)25(21-6-3-13-30-17-21)34(27(36)24-18-31-19-33-24)23-8-2-10-28(16-23)11-4-12-28/h1,3,5-7,13,15,17-19,23,25H,2,4,8-12,14,16H2,(H,31,33)(H,32,35). The highest BCUT2D eigenvalue weighted by Gasteiger charge is 2.46. The van der Waals surface area contributed by atoms with Gasteiger partial charge in [0.15, 0.2) is 0 Å². The van der Waals surface area contributed by atoms with Gasteiger partial charge in [-0.05, 0) is 67.7 Å². The molecule has 2 heterocycles. The molecule has 2 amide bonds. The first kappa shape index (κ1) is 24.2. The summed E-state index contributed by atoms with van der Waals surface area (Å²) in [5, 5.41) is 3.01. The summed E-state index contributed by atoms with van der Waals surface area (Å²) in [7, 11) is 0. The Morgan fingerprint density at radius 1 is 1.14 bits per heavy atom. The zero-order chi connectivity index (χ0) is 25.0. The van der Waals surface area contributed by atoms with Crippen LogP contribution >= 0.6 is 0 Å². The number of H-pyrrole nitrogens is 1. The van der Waals surface area contributed by atoms with E-state index >= 15 is 0 Å². The molecule has 8 heteroatoms. The fourth-order valence-corrected chi connectivity index (χ4v) is 5.89. The van der Waals surface area contributed by atoms with Gasteiger partial charge < -0.3 is 15.2 Å². The number of amides is 2. The van der Waals surface area contributed by atoms with Crippen molar-refractivity contribution in [2.45, 2.75) is 63.5 Å². The molecular formula is C28H32FN5O2. The van der Waals surface area contributed by atoms with Crippen molar-refractivity contribution in [3.05, 3.63) is 84.0 Å². The van der Waals surface area contributed by atoms with Crippen LogP contribution in [0.4, 0.5) is 4.39 Å². The van der Waals surface area contributed by atoms with E-state index in [9.17, 15) is 14.0 Å². The lowest BCUT2D eigenvalue weighted by Gasteiger charge is -2.51. The van der Waals surface area contributed by atoms with Crippen molar-refractivity contribution in [1.82, 2.24) is 25.2 Å². The van der Waals surface area contributed by atoms with Crippen LogP contribution in [0.2, 0.25) is 0 Å². The summed E-state index contributed by atoms with van der Waals surface area (Å²) in [4.78, 5) is 40.7. The van der Waals surface area contributed by atoms with E-state index in [-0.39, 0.29) is 29.1 Å². The van der Waals surface area contributed by atoms with Gasteiger partial charge in [0.1, 0.15) is 17.6 Å². The molecule has 2 aromatic heterocycles. The molecule has 2 unspecified atom stereocenters. The summed E-state index contributed by atoms with van der Waals surface area (Å²) >= 11 is 0. The molecule has 1 aromatic carbocycles. The van der Waals surface area contributed by atoms with E-state index in [0.717, 1.165) is 24.8 Å². The van der Waals surface area contributed by atoms with E-state index in [4.69, 9.17) is 0 Å². The molecule has 7 nitrogen and oxygen atoms in total. The third-order valence-corrected chi connectivity index (χ3v) is 7.81. The third kappa shape index (κ3) is 5.17. The minimum Gasteiger partial charge on any atom is -0.354 e. The molecule has 2 aliphatic carbocycles. The molecule has 0 bridgehead atoms. The second kappa shape index (κ2) is 10.6. The van der Waals surface area contributed by atoms with Crippen LogP contribution in [0.25, 0.3) is 0 Å². The highest BCUT2D eigenvalue weighted by atomic mass is 19.1. The molecule has 3 aromatic rings. The van der Waals surface area contributed by atoms with Gasteiger partial charge in [0.25, 0.3) is 5.91 Å². The average molecular weight is 490 g/mol. The Labute approximate surface area is 210 Å². The Hall–Kier alpha value is -3.55. The first-order valence-corrected chi connectivity index (χ1v) is 12.8. The van der Waals surface area contributed by atoms with Gasteiger partial charge in [-0.3, -0.25) is 14.6 Å². The van der Waals surface area contributed by atoms with Gasteiger partial charge in [0.2, 0.25) is 5.91 Å². The number of aromatic nitrogens is 3. The number of hydrogen-bond acceptors (Lipinski definition) is 4. The molecule has 2 atom stereocenters. The fraction of sp³-hybridized carbons (Fsp3) is 0.429. The molecule has 1 spiro atoms. The fourth-order valence-electron chi connectivity index (χ4n) is 5.89. The zero-order valence-electron chi connectivity index (χ0n) is 20.3. The number of carbonyl (C=O) groups is 2. The first-order chi connectivity index (χ1) is 17.5. The molecule has 0 radical (unpaired) electrons. The van der Waals surface area contributed by atoms with Crippen molar-refractivity contribution in [3.8, 4) is 0 Å². The quantitative estimate of drug-likeness (QED) is 0.484. The predicted octanol–water partition coefficient (Wildman–Crippen LogP) is 4.60. The van der Waals surface area contributed by atoms with E-state index in [1.54, 1.807) is 29.4 Å². The van der Waals surface area contributed by atoms with Crippen LogP contribution in [0.5, 0.6) is 0 Å². The summed E-state index contributed by atoms with van der Waals surface area (Å²) in [5.41, 5.74) is 2.12. The molecule has 2 aliphatic rings. The Kier molecular flexibility index (Phi) is 7.11. The highest BCUT2D eigenvalue weighted by molar-refractivity contribution is 5.96. The molecule has 188 valence electrons. The van der Waals surface area contributed by atoms with Crippen LogP contribution in [-0.2, 0) is 11.2 Å². The minimum absolute atomic E-state index is 0.0611. The highest BCUT2D eigenvalue weighted by Crippen LogP contribution is 2.53. The predicted molar refractivity (Wildman–Crippen MR) is 133 cm³/mol. The number of nitrogens with one attached hydrogen (secondary N) is 2. The van der Waals surface area contributed by atoms with Gasteiger partial charge in [-0.25, -0.2) is 9.37 Å². The Bertz CT molecular complexity index is 1180. The molecule has 36 heavy (non-hydrogen) atoms. The summed E-state index contributed by atoms with van der Waals surface area (Å²) in [5.74, 6) is -0.797. The maximum Gasteiger partial charge on any atom is 0.273 e. The number of carbonyl (C=O) groups excluding carboxylic acids is 2.